The molecule has 2 N–H and O–H groups in total. The number of carbonyl (C=O) groups excluding carboxylic acids is 2. The molecule has 0 fully saturated rings. The van der Waals surface area contributed by atoms with Gasteiger partial charge in [-0.15, -0.1) is 11.8 Å². The number of thioether (sulfide) groups is 1. The van der Waals surface area contributed by atoms with Crippen molar-refractivity contribution >= 4 is 35.0 Å². The lowest BCUT2D eigenvalue weighted by molar-refractivity contribution is -0.115. The van der Waals surface area contributed by atoms with Gasteiger partial charge in [0.25, 0.3) is 0 Å². The summed E-state index contributed by atoms with van der Waals surface area (Å²) < 4.78 is 1.59. The van der Waals surface area contributed by atoms with E-state index in [1.54, 1.807) is 48.4 Å². The minimum absolute atomic E-state index is 0.146. The molecular weight excluding hydrogens is 374 g/mol. The van der Waals surface area contributed by atoms with Crippen molar-refractivity contribution in [1.29, 1.82) is 0 Å². The van der Waals surface area contributed by atoms with E-state index in [1.807, 2.05) is 31.2 Å². The van der Waals surface area contributed by atoms with Crippen LogP contribution in [0.5, 0.6) is 0 Å². The molecule has 3 aromatic rings. The normalized spacial score (nSPS) is 11.6. The third-order valence-corrected chi connectivity index (χ3v) is 5.08. The summed E-state index contributed by atoms with van der Waals surface area (Å²) >= 11 is 1.27. The predicted molar refractivity (Wildman–Crippen MR) is 112 cm³/mol. The Morgan fingerprint density at radius 1 is 1.11 bits per heavy atom. The highest BCUT2D eigenvalue weighted by atomic mass is 32.2. The van der Waals surface area contributed by atoms with E-state index >= 15 is 0 Å². The highest BCUT2D eigenvalue weighted by Gasteiger charge is 2.17. The number of nitrogens with one attached hydrogen (secondary N) is 2. The number of aromatic nitrogens is 3. The Labute approximate surface area is 167 Å². The van der Waals surface area contributed by atoms with Crippen molar-refractivity contribution in [2.75, 3.05) is 16.4 Å². The van der Waals surface area contributed by atoms with Gasteiger partial charge in [0.2, 0.25) is 11.8 Å². The number of pyridine rings is 1. The van der Waals surface area contributed by atoms with Crippen LogP contribution in [0, 0.1) is 6.92 Å². The van der Waals surface area contributed by atoms with Gasteiger partial charge in [-0.2, -0.15) is 5.10 Å². The van der Waals surface area contributed by atoms with Crippen LogP contribution in [0.25, 0.3) is 5.82 Å². The van der Waals surface area contributed by atoms with E-state index in [1.165, 1.54) is 11.8 Å². The zero-order valence-corrected chi connectivity index (χ0v) is 16.4. The quantitative estimate of drug-likeness (QED) is 0.641. The number of aryl methyl sites for hydroxylation is 1. The van der Waals surface area contributed by atoms with Crippen molar-refractivity contribution < 1.29 is 9.59 Å². The van der Waals surface area contributed by atoms with Crippen molar-refractivity contribution in [3.05, 3.63) is 66.6 Å². The predicted octanol–water partition coefficient (Wildman–Crippen LogP) is 3.27. The van der Waals surface area contributed by atoms with Crippen molar-refractivity contribution in [3.63, 3.8) is 0 Å². The minimum atomic E-state index is -0.408. The average molecular weight is 395 g/mol. The van der Waals surface area contributed by atoms with E-state index < -0.39 is 5.25 Å². The highest BCUT2D eigenvalue weighted by Crippen LogP contribution is 2.19. The average Bonchev–Trinajstić information content (AvgIpc) is 3.23. The van der Waals surface area contributed by atoms with E-state index in [9.17, 15) is 9.59 Å². The fourth-order valence-corrected chi connectivity index (χ4v) is 3.10. The Morgan fingerprint density at radius 2 is 1.89 bits per heavy atom. The molecule has 3 rings (SSSR count). The van der Waals surface area contributed by atoms with E-state index in [0.717, 1.165) is 11.3 Å². The van der Waals surface area contributed by atoms with Gasteiger partial charge in [-0.1, -0.05) is 17.7 Å². The summed E-state index contributed by atoms with van der Waals surface area (Å²) in [5.74, 6) is 0.374. The first-order valence-electron chi connectivity index (χ1n) is 8.77. The van der Waals surface area contributed by atoms with Crippen LogP contribution in [0.15, 0.2) is 61.1 Å². The van der Waals surface area contributed by atoms with Crippen LogP contribution in [-0.4, -0.2) is 37.6 Å². The molecule has 0 radical (unpaired) electrons. The number of nitrogens with zero attached hydrogens (tertiary/aromatic N) is 3. The van der Waals surface area contributed by atoms with Crippen LogP contribution in [-0.2, 0) is 9.59 Å². The summed E-state index contributed by atoms with van der Waals surface area (Å²) in [6, 6.07) is 12.9. The molecule has 1 aromatic carbocycles. The maximum Gasteiger partial charge on any atom is 0.237 e. The Kier molecular flexibility index (Phi) is 6.44. The fourth-order valence-electron chi connectivity index (χ4n) is 2.42. The molecular formula is C20H21N5O2S. The van der Waals surface area contributed by atoms with Gasteiger partial charge >= 0.3 is 0 Å². The Hall–Kier alpha value is -3.13. The topological polar surface area (TPSA) is 88.9 Å². The summed E-state index contributed by atoms with van der Waals surface area (Å²) in [5, 5.41) is 9.43. The zero-order chi connectivity index (χ0) is 19.9. The first kappa shape index (κ1) is 19.6. The number of hydrogen-bond acceptors (Lipinski definition) is 5. The number of amides is 2. The van der Waals surface area contributed by atoms with Crippen LogP contribution >= 0.6 is 11.8 Å². The minimum Gasteiger partial charge on any atom is -0.325 e. The molecule has 0 spiro atoms. The Morgan fingerprint density at radius 3 is 2.61 bits per heavy atom. The molecule has 0 aliphatic rings. The molecule has 2 aromatic heterocycles. The van der Waals surface area contributed by atoms with Crippen molar-refractivity contribution in [2.24, 2.45) is 0 Å². The molecule has 1 atom stereocenters. The molecule has 1 unspecified atom stereocenters. The Balaban J connectivity index is 1.54. The summed E-state index contributed by atoms with van der Waals surface area (Å²) in [4.78, 5) is 28.9. The van der Waals surface area contributed by atoms with E-state index in [2.05, 4.69) is 20.7 Å². The molecule has 0 aliphatic heterocycles. The lowest BCUT2D eigenvalue weighted by Gasteiger charge is -2.14. The standard InChI is InChI=1S/C20H21N5O2S/c1-14-6-8-16(9-7-14)23-18(26)13-28-15(2)20(27)24-17-5-3-10-21-19(17)25-12-4-11-22-25/h3-12,15H,13H2,1-2H3,(H,23,26)(H,24,27). The van der Waals surface area contributed by atoms with Crippen molar-refractivity contribution in [3.8, 4) is 5.82 Å². The van der Waals surface area contributed by atoms with Gasteiger partial charge in [0.05, 0.1) is 16.7 Å². The molecule has 7 nitrogen and oxygen atoms in total. The molecule has 0 saturated carbocycles. The van der Waals surface area contributed by atoms with Crippen LogP contribution in [0.3, 0.4) is 0 Å². The molecule has 2 amide bonds. The number of carbonyl (C=O) groups is 2. The molecule has 8 heteroatoms. The number of benzene rings is 1. The maximum atomic E-state index is 12.5. The van der Waals surface area contributed by atoms with E-state index in [-0.39, 0.29) is 17.6 Å². The fraction of sp³-hybridized carbons (Fsp3) is 0.200. The van der Waals surface area contributed by atoms with E-state index in [4.69, 9.17) is 0 Å². The third-order valence-electron chi connectivity index (χ3n) is 3.93. The third kappa shape index (κ3) is 5.20. The van der Waals surface area contributed by atoms with Crippen LogP contribution in [0.2, 0.25) is 0 Å². The number of hydrogen-bond donors (Lipinski definition) is 2. The smallest absolute Gasteiger partial charge is 0.237 e. The summed E-state index contributed by atoms with van der Waals surface area (Å²) in [5.41, 5.74) is 2.43. The molecule has 0 saturated heterocycles. The lowest BCUT2D eigenvalue weighted by atomic mass is 10.2. The molecule has 144 valence electrons. The largest absolute Gasteiger partial charge is 0.325 e. The van der Waals surface area contributed by atoms with Gasteiger partial charge in [0.1, 0.15) is 0 Å². The van der Waals surface area contributed by atoms with Crippen LogP contribution in [0.1, 0.15) is 12.5 Å². The lowest BCUT2D eigenvalue weighted by Crippen LogP contribution is -2.25. The number of rotatable bonds is 7. The first-order valence-corrected chi connectivity index (χ1v) is 9.82. The SMILES string of the molecule is Cc1ccc(NC(=O)CSC(C)C(=O)Nc2cccnc2-n2cccn2)cc1. The first-order chi connectivity index (χ1) is 13.5. The van der Waals surface area contributed by atoms with Gasteiger partial charge in [0, 0.05) is 24.3 Å². The zero-order valence-electron chi connectivity index (χ0n) is 15.6. The number of anilines is 2. The monoisotopic (exact) mass is 395 g/mol. The van der Waals surface area contributed by atoms with Crippen LogP contribution in [0.4, 0.5) is 11.4 Å². The van der Waals surface area contributed by atoms with Crippen LogP contribution < -0.4 is 10.6 Å². The molecule has 0 bridgehead atoms. The van der Waals surface area contributed by atoms with Gasteiger partial charge in [0.15, 0.2) is 5.82 Å². The van der Waals surface area contributed by atoms with Gasteiger partial charge in [-0.3, -0.25) is 9.59 Å². The summed E-state index contributed by atoms with van der Waals surface area (Å²) in [6.07, 6.45) is 5.04. The molecule has 2 heterocycles. The molecule has 28 heavy (non-hydrogen) atoms. The van der Waals surface area contributed by atoms with Crippen molar-refractivity contribution in [2.45, 2.75) is 19.1 Å². The molecule has 0 aliphatic carbocycles. The second-order valence-corrected chi connectivity index (χ2v) is 7.51. The second kappa shape index (κ2) is 9.18. The second-order valence-electron chi connectivity index (χ2n) is 6.18. The van der Waals surface area contributed by atoms with Gasteiger partial charge in [-0.25, -0.2) is 9.67 Å². The maximum absolute atomic E-state index is 12.5. The van der Waals surface area contributed by atoms with Gasteiger partial charge < -0.3 is 10.6 Å². The summed E-state index contributed by atoms with van der Waals surface area (Å²) in [7, 11) is 0. The van der Waals surface area contributed by atoms with Crippen molar-refractivity contribution in [1.82, 2.24) is 14.8 Å². The highest BCUT2D eigenvalue weighted by molar-refractivity contribution is 8.01. The Bertz CT molecular complexity index is 941. The summed E-state index contributed by atoms with van der Waals surface area (Å²) in [6.45, 7) is 3.75. The van der Waals surface area contributed by atoms with E-state index in [0.29, 0.717) is 11.5 Å². The van der Waals surface area contributed by atoms with Gasteiger partial charge in [-0.05, 0) is 44.2 Å².